The van der Waals surface area contributed by atoms with Crippen molar-refractivity contribution in [3.05, 3.63) is 89.8 Å². The summed E-state index contributed by atoms with van der Waals surface area (Å²) in [5.41, 5.74) is 6.06. The molecule has 0 saturated carbocycles. The molecule has 0 saturated heterocycles. The summed E-state index contributed by atoms with van der Waals surface area (Å²) in [6.07, 6.45) is 0. The van der Waals surface area contributed by atoms with Gasteiger partial charge in [0.1, 0.15) is 17.2 Å². The summed E-state index contributed by atoms with van der Waals surface area (Å²) in [6.45, 7) is 0. The predicted molar refractivity (Wildman–Crippen MR) is 134 cm³/mol. The van der Waals surface area contributed by atoms with Gasteiger partial charge in [-0.05, 0) is 36.4 Å². The Bertz CT molecular complexity index is 1400. The van der Waals surface area contributed by atoms with Crippen molar-refractivity contribution in [1.82, 2.24) is 4.98 Å². The number of hydrogen-bond acceptors (Lipinski definition) is 8. The number of nitrogens with zero attached hydrogens (tertiary/aromatic N) is 4. The van der Waals surface area contributed by atoms with Gasteiger partial charge in [0.25, 0.3) is 0 Å². The van der Waals surface area contributed by atoms with Crippen molar-refractivity contribution in [3.8, 4) is 22.8 Å². The molecule has 0 radical (unpaired) electrons. The molecular weight excluding hydrogens is 450 g/mol. The van der Waals surface area contributed by atoms with E-state index in [1.165, 1.54) is 22.4 Å². The molecule has 1 amide bonds. The minimum Gasteiger partial charge on any atom is -0.506 e. The van der Waals surface area contributed by atoms with E-state index in [0.717, 1.165) is 22.6 Å². The van der Waals surface area contributed by atoms with Crippen LogP contribution in [0.5, 0.6) is 11.5 Å². The second-order valence-corrected chi connectivity index (χ2v) is 8.10. The van der Waals surface area contributed by atoms with Crippen molar-refractivity contribution in [2.45, 2.75) is 0 Å². The van der Waals surface area contributed by atoms with E-state index in [4.69, 9.17) is 4.74 Å². The van der Waals surface area contributed by atoms with Crippen LogP contribution in [0.3, 0.4) is 0 Å². The number of hydrogen-bond donors (Lipinski definition) is 2. The highest BCUT2D eigenvalue weighted by atomic mass is 32.1. The Balaban J connectivity index is 1.49. The Kier molecular flexibility index (Phi) is 5.75. The van der Waals surface area contributed by atoms with Gasteiger partial charge in [-0.2, -0.15) is 15.2 Å². The molecule has 34 heavy (non-hydrogen) atoms. The Morgan fingerprint density at radius 3 is 2.44 bits per heavy atom. The molecular formula is C25H19N5O3S. The number of rotatable bonds is 6. The van der Waals surface area contributed by atoms with Crippen LogP contribution in [-0.2, 0) is 4.79 Å². The zero-order valence-corrected chi connectivity index (χ0v) is 18.9. The molecule has 3 aromatic carbocycles. The molecule has 1 aliphatic heterocycles. The highest BCUT2D eigenvalue weighted by Crippen LogP contribution is 2.31. The lowest BCUT2D eigenvalue weighted by molar-refractivity contribution is -0.112. The van der Waals surface area contributed by atoms with E-state index < -0.39 is 5.91 Å². The van der Waals surface area contributed by atoms with Crippen LogP contribution in [0.25, 0.3) is 11.3 Å². The van der Waals surface area contributed by atoms with Gasteiger partial charge in [0, 0.05) is 16.5 Å². The number of aromatic nitrogens is 1. The fourth-order valence-corrected chi connectivity index (χ4v) is 4.14. The number of carbonyl (C=O) groups excluding carboxylic acids is 1. The first-order chi connectivity index (χ1) is 16.6. The molecule has 0 aliphatic carbocycles. The molecule has 0 unspecified atom stereocenters. The molecule has 0 atom stereocenters. The molecule has 8 nitrogen and oxygen atoms in total. The maximum Gasteiger partial charge on any atom is 0.303 e. The fraction of sp³-hybridized carbons (Fsp3) is 0.0400. The predicted octanol–water partition coefficient (Wildman–Crippen LogP) is 4.74. The summed E-state index contributed by atoms with van der Waals surface area (Å²) in [7, 11) is 1.62. The van der Waals surface area contributed by atoms with Gasteiger partial charge in [-0.15, -0.1) is 11.3 Å². The Morgan fingerprint density at radius 1 is 0.971 bits per heavy atom. The third-order valence-electron chi connectivity index (χ3n) is 5.12. The number of amides is 1. The van der Waals surface area contributed by atoms with Crippen LogP contribution in [0.1, 0.15) is 5.56 Å². The summed E-state index contributed by atoms with van der Waals surface area (Å²) in [5, 5.41) is 22.4. The first kappa shape index (κ1) is 21.4. The molecule has 168 valence electrons. The summed E-state index contributed by atoms with van der Waals surface area (Å²) in [4.78, 5) is 18.0. The van der Waals surface area contributed by atoms with Crippen molar-refractivity contribution in [1.29, 1.82) is 0 Å². The van der Waals surface area contributed by atoms with Crippen molar-refractivity contribution < 1.29 is 14.6 Å². The summed E-state index contributed by atoms with van der Waals surface area (Å²) in [6, 6.07) is 23.5. The quantitative estimate of drug-likeness (QED) is 0.314. The lowest BCUT2D eigenvalue weighted by Gasteiger charge is -2.07. The number of anilines is 2. The van der Waals surface area contributed by atoms with Gasteiger partial charge in [-0.1, -0.05) is 42.5 Å². The third kappa shape index (κ3) is 4.12. The van der Waals surface area contributed by atoms with Gasteiger partial charge >= 0.3 is 5.91 Å². The average molecular weight is 470 g/mol. The van der Waals surface area contributed by atoms with Crippen molar-refractivity contribution in [2.24, 2.45) is 10.2 Å². The lowest BCUT2D eigenvalue weighted by atomic mass is 10.1. The fourth-order valence-electron chi connectivity index (χ4n) is 3.36. The number of aromatic hydroxyl groups is 1. The van der Waals surface area contributed by atoms with Gasteiger partial charge in [-0.25, -0.2) is 4.98 Å². The van der Waals surface area contributed by atoms with Crippen molar-refractivity contribution in [3.63, 3.8) is 0 Å². The number of carbonyl (C=O) groups is 1. The minimum atomic E-state index is -0.419. The van der Waals surface area contributed by atoms with Crippen LogP contribution in [0.2, 0.25) is 0 Å². The average Bonchev–Trinajstić information content (AvgIpc) is 3.49. The van der Waals surface area contributed by atoms with E-state index in [0.29, 0.717) is 16.5 Å². The first-order valence-electron chi connectivity index (χ1n) is 10.3. The number of thiazole rings is 1. The van der Waals surface area contributed by atoms with E-state index >= 15 is 0 Å². The van der Waals surface area contributed by atoms with Gasteiger partial charge in [-0.3, -0.25) is 10.2 Å². The van der Waals surface area contributed by atoms with Crippen LogP contribution in [0, 0.1) is 0 Å². The molecule has 2 N–H and O–H groups in total. The molecule has 0 bridgehead atoms. The van der Waals surface area contributed by atoms with Crippen LogP contribution in [-0.4, -0.2) is 34.5 Å². The van der Waals surface area contributed by atoms with Crippen LogP contribution >= 0.6 is 11.3 Å². The largest absolute Gasteiger partial charge is 0.506 e. The number of methoxy groups -OCH3 is 1. The lowest BCUT2D eigenvalue weighted by Crippen LogP contribution is -2.28. The van der Waals surface area contributed by atoms with E-state index in [1.54, 1.807) is 25.3 Å². The molecule has 1 aliphatic rings. The number of nitrogens with one attached hydrogen (secondary N) is 1. The van der Waals surface area contributed by atoms with E-state index in [-0.39, 0.29) is 11.5 Å². The van der Waals surface area contributed by atoms with Gasteiger partial charge in [0.05, 0.1) is 18.5 Å². The highest BCUT2D eigenvalue weighted by molar-refractivity contribution is 7.14. The molecule has 5 rings (SSSR count). The van der Waals surface area contributed by atoms with Crippen LogP contribution in [0.4, 0.5) is 10.8 Å². The van der Waals surface area contributed by atoms with Crippen LogP contribution in [0.15, 0.2) is 94.4 Å². The molecule has 0 fully saturated rings. The third-order valence-corrected chi connectivity index (χ3v) is 5.93. The number of hydrazone groups is 2. The second kappa shape index (κ2) is 9.16. The Hall–Kier alpha value is -4.50. The van der Waals surface area contributed by atoms with Crippen molar-refractivity contribution in [2.75, 3.05) is 17.5 Å². The summed E-state index contributed by atoms with van der Waals surface area (Å²) < 4.78 is 5.21. The number of phenolic OH excluding ortho intramolecular Hbond substituents is 1. The first-order valence-corrected chi connectivity index (χ1v) is 11.2. The SMILES string of the molecule is COc1ccc(-c2csc(N3N=C(c4ccccc4)/C(=N\Nc4ccccc4O)C3=O)n2)cc1. The van der Waals surface area contributed by atoms with Gasteiger partial charge in [0.15, 0.2) is 5.71 Å². The molecule has 4 aromatic rings. The van der Waals surface area contributed by atoms with E-state index in [1.807, 2.05) is 60.0 Å². The minimum absolute atomic E-state index is 0.0245. The van der Waals surface area contributed by atoms with E-state index in [9.17, 15) is 9.90 Å². The maximum absolute atomic E-state index is 13.4. The standard InChI is InChI=1S/C25H19N5O3S/c1-33-18-13-11-16(12-14-18)20-15-34-25(26-20)30-24(32)23(22(29-30)17-7-3-2-4-8-17)28-27-19-9-5-6-10-21(19)31/h2-15,27,31H,1H3/b28-23+. The van der Waals surface area contributed by atoms with Crippen LogP contribution < -0.4 is 15.2 Å². The van der Waals surface area contributed by atoms with E-state index in [2.05, 4.69) is 20.6 Å². The molecule has 9 heteroatoms. The summed E-state index contributed by atoms with van der Waals surface area (Å²) >= 11 is 1.31. The van der Waals surface area contributed by atoms with Crippen molar-refractivity contribution >= 4 is 39.5 Å². The highest BCUT2D eigenvalue weighted by Gasteiger charge is 2.35. The number of benzene rings is 3. The molecule has 1 aromatic heterocycles. The normalized spacial score (nSPS) is 14.4. The maximum atomic E-state index is 13.4. The van der Waals surface area contributed by atoms with Gasteiger partial charge in [0.2, 0.25) is 5.13 Å². The zero-order chi connectivity index (χ0) is 23.5. The number of para-hydroxylation sites is 2. The second-order valence-electron chi connectivity index (χ2n) is 7.26. The zero-order valence-electron chi connectivity index (χ0n) is 18.0. The monoisotopic (exact) mass is 469 g/mol. The Morgan fingerprint density at radius 2 is 1.71 bits per heavy atom. The smallest absolute Gasteiger partial charge is 0.303 e. The Labute approximate surface area is 199 Å². The molecule has 2 heterocycles. The van der Waals surface area contributed by atoms with Gasteiger partial charge < -0.3 is 9.84 Å². The topological polar surface area (TPSA) is 99.4 Å². The number of phenols is 1. The summed E-state index contributed by atoms with van der Waals surface area (Å²) in [5.74, 6) is 0.359. The molecule has 0 spiro atoms. The number of ether oxygens (including phenoxy) is 1.